The van der Waals surface area contributed by atoms with Crippen molar-refractivity contribution in [2.75, 3.05) is 12.4 Å². The van der Waals surface area contributed by atoms with E-state index in [1.54, 1.807) is 20.8 Å². The number of ether oxygens (including phenoxy) is 2. The van der Waals surface area contributed by atoms with Crippen molar-refractivity contribution in [2.24, 2.45) is 0 Å². The molecule has 0 aliphatic rings. The fraction of sp³-hybridized carbons (Fsp3) is 0.529. The monoisotopic (exact) mass is 355 g/mol. The molecule has 0 saturated carbocycles. The number of amides is 1. The molecule has 0 aromatic heterocycles. The van der Waals surface area contributed by atoms with Crippen LogP contribution in [0.2, 0.25) is 0 Å². The summed E-state index contributed by atoms with van der Waals surface area (Å²) >= 11 is 1.48. The quantitative estimate of drug-likeness (QED) is 0.578. The Labute approximate surface area is 146 Å². The fourth-order valence-corrected chi connectivity index (χ4v) is 2.76. The van der Waals surface area contributed by atoms with Gasteiger partial charge in [0, 0.05) is 17.6 Å². The summed E-state index contributed by atoms with van der Waals surface area (Å²) < 4.78 is 10.0. The summed E-state index contributed by atoms with van der Waals surface area (Å²) in [6, 6.07) is 8.99. The molecule has 134 valence electrons. The van der Waals surface area contributed by atoms with Gasteiger partial charge in [0.25, 0.3) is 0 Å². The lowest BCUT2D eigenvalue weighted by Crippen LogP contribution is -2.48. The molecule has 0 fully saturated rings. The molecule has 6 nitrogen and oxygen atoms in total. The van der Waals surface area contributed by atoms with Crippen LogP contribution in [0.15, 0.2) is 35.2 Å². The minimum atomic E-state index is -1.03. The fourth-order valence-electron chi connectivity index (χ4n) is 1.73. The first-order valence-corrected chi connectivity index (χ1v) is 8.65. The van der Waals surface area contributed by atoms with Crippen molar-refractivity contribution >= 4 is 23.8 Å². The Balaban J connectivity index is 2.67. The van der Waals surface area contributed by atoms with Gasteiger partial charge in [-0.25, -0.2) is 4.79 Å². The zero-order chi connectivity index (χ0) is 18.2. The first-order valence-electron chi connectivity index (χ1n) is 7.66. The molecule has 1 amide bonds. The van der Waals surface area contributed by atoms with Crippen molar-refractivity contribution in [3.8, 4) is 0 Å². The molecule has 2 unspecified atom stereocenters. The van der Waals surface area contributed by atoms with Crippen molar-refractivity contribution in [1.82, 2.24) is 5.32 Å². The molecule has 2 N–H and O–H groups in total. The zero-order valence-corrected chi connectivity index (χ0v) is 15.3. The smallest absolute Gasteiger partial charge is 0.407 e. The maximum atomic E-state index is 12.0. The highest BCUT2D eigenvalue weighted by Crippen LogP contribution is 2.19. The summed E-state index contributed by atoms with van der Waals surface area (Å²) in [6.07, 6.45) is -1.65. The molecular weight excluding hydrogens is 330 g/mol. The van der Waals surface area contributed by atoms with Crippen LogP contribution in [0.5, 0.6) is 0 Å². The Morgan fingerprint density at radius 1 is 1.25 bits per heavy atom. The number of thioether (sulfide) groups is 1. The number of aliphatic hydroxyl groups is 1. The Hall–Kier alpha value is -1.73. The van der Waals surface area contributed by atoms with Gasteiger partial charge in [-0.15, -0.1) is 11.8 Å². The van der Waals surface area contributed by atoms with Crippen molar-refractivity contribution in [2.45, 2.75) is 50.3 Å². The number of alkyl carbamates (subject to hydrolysis) is 1. The lowest BCUT2D eigenvalue weighted by molar-refractivity contribution is -0.144. The number of benzene rings is 1. The van der Waals surface area contributed by atoms with Crippen LogP contribution in [0, 0.1) is 0 Å². The Morgan fingerprint density at radius 3 is 2.42 bits per heavy atom. The summed E-state index contributed by atoms with van der Waals surface area (Å²) in [4.78, 5) is 23.9. The Morgan fingerprint density at radius 2 is 1.88 bits per heavy atom. The van der Waals surface area contributed by atoms with Crippen molar-refractivity contribution in [3.05, 3.63) is 30.3 Å². The first kappa shape index (κ1) is 20.3. The van der Waals surface area contributed by atoms with Crippen LogP contribution >= 0.6 is 11.8 Å². The van der Waals surface area contributed by atoms with E-state index < -0.39 is 29.8 Å². The molecule has 1 aromatic carbocycles. The van der Waals surface area contributed by atoms with Crippen LogP contribution in [0.4, 0.5) is 4.79 Å². The number of rotatable bonds is 7. The van der Waals surface area contributed by atoms with Crippen LogP contribution in [-0.2, 0) is 14.3 Å². The van der Waals surface area contributed by atoms with E-state index in [0.29, 0.717) is 5.75 Å². The minimum absolute atomic E-state index is 0.189. The first-order chi connectivity index (χ1) is 11.2. The summed E-state index contributed by atoms with van der Waals surface area (Å²) in [5, 5.41) is 12.9. The SMILES string of the molecule is CC(=O)OCC(O)C(CSc1ccccc1)NC(=O)OC(C)(C)C. The van der Waals surface area contributed by atoms with Gasteiger partial charge in [0.2, 0.25) is 0 Å². The Bertz CT molecular complexity index is 530. The summed E-state index contributed by atoms with van der Waals surface area (Å²) in [5.41, 5.74) is -0.637. The topological polar surface area (TPSA) is 84.9 Å². The molecule has 24 heavy (non-hydrogen) atoms. The molecule has 2 atom stereocenters. The van der Waals surface area contributed by atoms with Gasteiger partial charge in [-0.2, -0.15) is 0 Å². The molecule has 0 aliphatic heterocycles. The van der Waals surface area contributed by atoms with Crippen molar-refractivity contribution in [1.29, 1.82) is 0 Å². The van der Waals surface area contributed by atoms with Crippen LogP contribution in [0.3, 0.4) is 0 Å². The molecule has 0 bridgehead atoms. The predicted octanol–water partition coefficient (Wildman–Crippen LogP) is 2.60. The van der Waals surface area contributed by atoms with Crippen LogP contribution < -0.4 is 5.32 Å². The largest absolute Gasteiger partial charge is 0.463 e. The van der Waals surface area contributed by atoms with Gasteiger partial charge in [-0.1, -0.05) is 18.2 Å². The summed E-state index contributed by atoms with van der Waals surface area (Å²) in [7, 11) is 0. The third kappa shape index (κ3) is 8.79. The van der Waals surface area contributed by atoms with Crippen molar-refractivity contribution < 1.29 is 24.2 Å². The number of aliphatic hydroxyl groups excluding tert-OH is 1. The molecule has 0 heterocycles. The number of hydrogen-bond donors (Lipinski definition) is 2. The lowest BCUT2D eigenvalue weighted by Gasteiger charge is -2.26. The summed E-state index contributed by atoms with van der Waals surface area (Å²) in [6.45, 7) is 6.35. The van der Waals surface area contributed by atoms with Crippen LogP contribution in [0.25, 0.3) is 0 Å². The number of carbonyl (C=O) groups excluding carboxylic acids is 2. The van der Waals surface area contributed by atoms with Gasteiger partial charge in [0.05, 0.1) is 6.04 Å². The van der Waals surface area contributed by atoms with E-state index in [1.165, 1.54) is 18.7 Å². The second kappa shape index (κ2) is 9.54. The van der Waals surface area contributed by atoms with Crippen LogP contribution in [0.1, 0.15) is 27.7 Å². The third-order valence-electron chi connectivity index (χ3n) is 2.80. The van der Waals surface area contributed by atoms with Gasteiger partial charge in [-0.3, -0.25) is 4.79 Å². The number of esters is 1. The summed E-state index contributed by atoms with van der Waals surface area (Å²) in [5.74, 6) is -0.0770. The molecular formula is C17H25NO5S. The molecule has 0 radical (unpaired) electrons. The normalized spacial score (nSPS) is 13.7. The molecule has 0 spiro atoms. The van der Waals surface area contributed by atoms with E-state index in [-0.39, 0.29) is 6.61 Å². The predicted molar refractivity (Wildman–Crippen MR) is 93.0 cm³/mol. The second-order valence-corrected chi connectivity index (χ2v) is 7.34. The van der Waals surface area contributed by atoms with Gasteiger partial charge >= 0.3 is 12.1 Å². The highest BCUT2D eigenvalue weighted by Gasteiger charge is 2.25. The highest BCUT2D eigenvalue weighted by molar-refractivity contribution is 7.99. The number of hydrogen-bond acceptors (Lipinski definition) is 6. The molecule has 0 aliphatic carbocycles. The zero-order valence-electron chi connectivity index (χ0n) is 14.4. The molecule has 1 aromatic rings. The van der Waals surface area contributed by atoms with Gasteiger partial charge in [-0.05, 0) is 32.9 Å². The molecule has 1 rings (SSSR count). The average Bonchev–Trinajstić information content (AvgIpc) is 2.48. The average molecular weight is 355 g/mol. The Kier molecular flexibility index (Phi) is 8.07. The molecule has 0 saturated heterocycles. The maximum absolute atomic E-state index is 12.0. The van der Waals surface area contributed by atoms with Gasteiger partial charge in [0.1, 0.15) is 18.3 Å². The van der Waals surface area contributed by atoms with E-state index in [1.807, 2.05) is 30.3 Å². The number of carbonyl (C=O) groups is 2. The van der Waals surface area contributed by atoms with E-state index in [9.17, 15) is 14.7 Å². The third-order valence-corrected chi connectivity index (χ3v) is 3.93. The maximum Gasteiger partial charge on any atom is 0.407 e. The standard InChI is InChI=1S/C17H25NO5S/c1-12(19)22-10-15(20)14(18-16(21)23-17(2,3)4)11-24-13-8-6-5-7-9-13/h5-9,14-15,20H,10-11H2,1-4H3,(H,18,21). The highest BCUT2D eigenvalue weighted by atomic mass is 32.2. The minimum Gasteiger partial charge on any atom is -0.463 e. The van der Waals surface area contributed by atoms with E-state index in [4.69, 9.17) is 9.47 Å². The van der Waals surface area contributed by atoms with E-state index >= 15 is 0 Å². The van der Waals surface area contributed by atoms with E-state index in [0.717, 1.165) is 4.90 Å². The van der Waals surface area contributed by atoms with E-state index in [2.05, 4.69) is 5.32 Å². The number of nitrogens with one attached hydrogen (secondary N) is 1. The molecule has 7 heteroatoms. The van der Waals surface area contributed by atoms with Gasteiger partial charge in [0.15, 0.2) is 0 Å². The van der Waals surface area contributed by atoms with Crippen LogP contribution in [-0.4, -0.2) is 47.3 Å². The van der Waals surface area contributed by atoms with Gasteiger partial charge < -0.3 is 19.9 Å². The lowest BCUT2D eigenvalue weighted by atomic mass is 10.2. The second-order valence-electron chi connectivity index (χ2n) is 6.25. The van der Waals surface area contributed by atoms with Crippen molar-refractivity contribution in [3.63, 3.8) is 0 Å².